The van der Waals surface area contributed by atoms with E-state index < -0.39 is 0 Å². The second-order valence-corrected chi connectivity index (χ2v) is 5.33. The third kappa shape index (κ3) is 3.98. The van der Waals surface area contributed by atoms with E-state index in [2.05, 4.69) is 22.3 Å². The molecule has 0 amide bonds. The van der Waals surface area contributed by atoms with Crippen LogP contribution in [0.5, 0.6) is 5.88 Å². The maximum absolute atomic E-state index is 5.76. The molecule has 0 atom stereocenters. The van der Waals surface area contributed by atoms with Gasteiger partial charge in [-0.05, 0) is 37.8 Å². The van der Waals surface area contributed by atoms with Gasteiger partial charge < -0.3 is 10.5 Å². The fourth-order valence-corrected chi connectivity index (χ4v) is 2.31. The molecule has 1 aromatic carbocycles. The summed E-state index contributed by atoms with van der Waals surface area (Å²) >= 11 is 5.08. The Balaban J connectivity index is 1.97. The summed E-state index contributed by atoms with van der Waals surface area (Å²) in [4.78, 5) is 0.295. The van der Waals surface area contributed by atoms with Crippen LogP contribution in [0.4, 0.5) is 0 Å². The fourth-order valence-electron chi connectivity index (χ4n) is 2.07. The highest BCUT2D eigenvalue weighted by molar-refractivity contribution is 7.80. The van der Waals surface area contributed by atoms with E-state index in [1.807, 2.05) is 32.0 Å². The van der Waals surface area contributed by atoms with Crippen molar-refractivity contribution in [1.82, 2.24) is 10.2 Å². The van der Waals surface area contributed by atoms with Crippen LogP contribution in [0.3, 0.4) is 0 Å². The molecule has 0 aliphatic heterocycles. The number of benzene rings is 1. The molecule has 2 aromatic rings. The van der Waals surface area contributed by atoms with Crippen molar-refractivity contribution in [1.29, 1.82) is 0 Å². The average Bonchev–Trinajstić information content (AvgIpc) is 2.48. The van der Waals surface area contributed by atoms with Gasteiger partial charge in [0.05, 0.1) is 17.9 Å². The molecule has 0 unspecified atom stereocenters. The van der Waals surface area contributed by atoms with Crippen molar-refractivity contribution in [2.45, 2.75) is 26.7 Å². The van der Waals surface area contributed by atoms with E-state index in [0.29, 0.717) is 23.0 Å². The minimum atomic E-state index is 0.295. The Morgan fingerprint density at radius 1 is 1.19 bits per heavy atom. The highest BCUT2D eigenvalue weighted by Gasteiger charge is 2.14. The van der Waals surface area contributed by atoms with Gasteiger partial charge in [0.2, 0.25) is 5.88 Å². The molecule has 0 radical (unpaired) electrons. The molecule has 4 nitrogen and oxygen atoms in total. The minimum absolute atomic E-state index is 0.295. The Hall–Kier alpha value is -2.01. The lowest BCUT2D eigenvalue weighted by Crippen LogP contribution is -2.17. The highest BCUT2D eigenvalue weighted by Crippen LogP contribution is 2.20. The molecule has 2 rings (SSSR count). The van der Waals surface area contributed by atoms with E-state index in [4.69, 9.17) is 22.7 Å². The SMILES string of the molecule is Cc1nnc(OCCCc2ccccc2)c(C(N)=S)c1C. The third-order valence-electron chi connectivity index (χ3n) is 3.36. The lowest BCUT2D eigenvalue weighted by atomic mass is 10.1. The molecule has 5 heteroatoms. The molecule has 0 aliphatic carbocycles. The topological polar surface area (TPSA) is 61.0 Å². The van der Waals surface area contributed by atoms with E-state index in [1.54, 1.807) is 0 Å². The van der Waals surface area contributed by atoms with Gasteiger partial charge in [-0.25, -0.2) is 0 Å². The second kappa shape index (κ2) is 7.13. The summed E-state index contributed by atoms with van der Waals surface area (Å²) in [6.07, 6.45) is 1.86. The summed E-state index contributed by atoms with van der Waals surface area (Å²) in [6.45, 7) is 4.36. The average molecular weight is 301 g/mol. The maximum Gasteiger partial charge on any atom is 0.244 e. The fraction of sp³-hybridized carbons (Fsp3) is 0.312. The summed E-state index contributed by atoms with van der Waals surface area (Å²) in [5.74, 6) is 0.429. The van der Waals surface area contributed by atoms with Crippen LogP contribution in [-0.2, 0) is 6.42 Å². The third-order valence-corrected chi connectivity index (χ3v) is 3.56. The summed E-state index contributed by atoms with van der Waals surface area (Å²) in [5, 5.41) is 8.13. The lowest BCUT2D eigenvalue weighted by Gasteiger charge is -2.12. The quantitative estimate of drug-likeness (QED) is 0.656. The van der Waals surface area contributed by atoms with Crippen molar-refractivity contribution in [2.24, 2.45) is 5.73 Å². The van der Waals surface area contributed by atoms with E-state index >= 15 is 0 Å². The molecular formula is C16H19N3OS. The first kappa shape index (κ1) is 15.4. The molecule has 1 heterocycles. The maximum atomic E-state index is 5.76. The number of ether oxygens (including phenoxy) is 1. The number of thiocarbonyl (C=S) groups is 1. The van der Waals surface area contributed by atoms with Gasteiger partial charge in [-0.3, -0.25) is 0 Å². The first-order chi connectivity index (χ1) is 10.1. The number of aryl methyl sites for hydroxylation is 2. The van der Waals surface area contributed by atoms with Crippen molar-refractivity contribution in [3.05, 3.63) is 52.7 Å². The Morgan fingerprint density at radius 2 is 1.90 bits per heavy atom. The zero-order chi connectivity index (χ0) is 15.2. The summed E-state index contributed by atoms with van der Waals surface area (Å²) in [6, 6.07) is 10.3. The van der Waals surface area contributed by atoms with Gasteiger partial charge in [-0.1, -0.05) is 42.5 Å². The zero-order valence-electron chi connectivity index (χ0n) is 12.3. The van der Waals surface area contributed by atoms with E-state index in [9.17, 15) is 0 Å². The Bertz CT molecular complexity index is 629. The molecule has 0 fully saturated rings. The van der Waals surface area contributed by atoms with Crippen LogP contribution < -0.4 is 10.5 Å². The Labute approximate surface area is 130 Å². The summed E-state index contributed by atoms with van der Waals surface area (Å²) < 4.78 is 5.71. The van der Waals surface area contributed by atoms with Crippen molar-refractivity contribution in [3.63, 3.8) is 0 Å². The molecule has 110 valence electrons. The van der Waals surface area contributed by atoms with Gasteiger partial charge in [0.1, 0.15) is 4.99 Å². The summed E-state index contributed by atoms with van der Waals surface area (Å²) in [5.41, 5.74) is 9.49. The van der Waals surface area contributed by atoms with Crippen LogP contribution in [0, 0.1) is 13.8 Å². The molecule has 0 spiro atoms. The second-order valence-electron chi connectivity index (χ2n) is 4.89. The van der Waals surface area contributed by atoms with Crippen LogP contribution in [0.15, 0.2) is 30.3 Å². The van der Waals surface area contributed by atoms with Gasteiger partial charge in [-0.15, -0.1) is 5.10 Å². The van der Waals surface area contributed by atoms with Crippen molar-refractivity contribution in [3.8, 4) is 5.88 Å². The zero-order valence-corrected chi connectivity index (χ0v) is 13.1. The predicted octanol–water partition coefficient (Wildman–Crippen LogP) is 2.74. The Morgan fingerprint density at radius 3 is 2.57 bits per heavy atom. The number of hydrogen-bond donors (Lipinski definition) is 1. The number of aromatic nitrogens is 2. The Kier molecular flexibility index (Phi) is 5.22. The van der Waals surface area contributed by atoms with E-state index in [-0.39, 0.29) is 0 Å². The van der Waals surface area contributed by atoms with E-state index in [0.717, 1.165) is 24.1 Å². The standard InChI is InChI=1S/C16H19N3OS/c1-11-12(2)18-19-16(14(11)15(17)21)20-10-6-9-13-7-4-3-5-8-13/h3-5,7-8H,6,9-10H2,1-2H3,(H2,17,21). The molecule has 21 heavy (non-hydrogen) atoms. The van der Waals surface area contributed by atoms with Gasteiger partial charge in [0, 0.05) is 0 Å². The number of nitrogens with two attached hydrogens (primary N) is 1. The first-order valence-corrected chi connectivity index (χ1v) is 7.31. The van der Waals surface area contributed by atoms with Crippen LogP contribution in [0.25, 0.3) is 0 Å². The smallest absolute Gasteiger partial charge is 0.244 e. The van der Waals surface area contributed by atoms with Crippen molar-refractivity contribution in [2.75, 3.05) is 6.61 Å². The normalized spacial score (nSPS) is 10.4. The number of hydrogen-bond acceptors (Lipinski definition) is 4. The van der Waals surface area contributed by atoms with E-state index in [1.165, 1.54) is 5.56 Å². The van der Waals surface area contributed by atoms with Crippen LogP contribution >= 0.6 is 12.2 Å². The van der Waals surface area contributed by atoms with Crippen LogP contribution in [0.2, 0.25) is 0 Å². The van der Waals surface area contributed by atoms with Gasteiger partial charge in [0.15, 0.2) is 0 Å². The number of nitrogens with zero attached hydrogens (tertiary/aromatic N) is 2. The summed E-state index contributed by atoms with van der Waals surface area (Å²) in [7, 11) is 0. The van der Waals surface area contributed by atoms with Gasteiger partial charge >= 0.3 is 0 Å². The molecule has 1 aromatic heterocycles. The minimum Gasteiger partial charge on any atom is -0.476 e. The molecule has 0 saturated carbocycles. The molecular weight excluding hydrogens is 282 g/mol. The lowest BCUT2D eigenvalue weighted by molar-refractivity contribution is 0.294. The monoisotopic (exact) mass is 301 g/mol. The highest BCUT2D eigenvalue weighted by atomic mass is 32.1. The van der Waals surface area contributed by atoms with Crippen LogP contribution in [-0.4, -0.2) is 21.8 Å². The molecule has 2 N–H and O–H groups in total. The molecule has 0 saturated heterocycles. The van der Waals surface area contributed by atoms with Gasteiger partial charge in [0.25, 0.3) is 0 Å². The predicted molar refractivity (Wildman–Crippen MR) is 87.7 cm³/mol. The number of rotatable bonds is 6. The van der Waals surface area contributed by atoms with Crippen molar-refractivity contribution >= 4 is 17.2 Å². The molecule has 0 aliphatic rings. The largest absolute Gasteiger partial charge is 0.476 e. The van der Waals surface area contributed by atoms with Gasteiger partial charge in [-0.2, -0.15) is 5.10 Å². The molecule has 0 bridgehead atoms. The van der Waals surface area contributed by atoms with Crippen LogP contribution in [0.1, 0.15) is 28.8 Å². The first-order valence-electron chi connectivity index (χ1n) is 6.90. The van der Waals surface area contributed by atoms with Crippen molar-refractivity contribution < 1.29 is 4.74 Å².